The van der Waals surface area contributed by atoms with Crippen molar-refractivity contribution in [2.24, 2.45) is 0 Å². The zero-order chi connectivity index (χ0) is 31.8. The van der Waals surface area contributed by atoms with E-state index in [0.717, 1.165) is 73.5 Å². The van der Waals surface area contributed by atoms with Crippen molar-refractivity contribution in [3.05, 3.63) is 97.2 Å². The van der Waals surface area contributed by atoms with Crippen molar-refractivity contribution in [1.29, 1.82) is 0 Å². The summed E-state index contributed by atoms with van der Waals surface area (Å²) in [5, 5.41) is 4.33. The van der Waals surface area contributed by atoms with Crippen LogP contribution < -0.4 is 9.79 Å². The van der Waals surface area contributed by atoms with E-state index in [1.807, 2.05) is 6.07 Å². The number of carbonyl (C=O) groups excluding carboxylic acids is 1. The highest BCUT2D eigenvalue weighted by molar-refractivity contribution is 7.92. The number of unbranched alkanes of at least 4 members (excludes halogenated alkanes) is 1. The molecule has 0 spiro atoms. The second-order valence-electron chi connectivity index (χ2n) is 10.4. The van der Waals surface area contributed by atoms with Crippen LogP contribution in [0.2, 0.25) is 0 Å². The fourth-order valence-electron chi connectivity index (χ4n) is 5.11. The number of sulfonamides is 1. The number of aromatic nitrogens is 3. The topological polar surface area (TPSA) is 110 Å². The van der Waals surface area contributed by atoms with Gasteiger partial charge in [-0.25, -0.2) is 14.4 Å². The lowest BCUT2D eigenvalue weighted by molar-refractivity contribution is -0.128. The van der Waals surface area contributed by atoms with Gasteiger partial charge in [-0.3, -0.25) is 4.79 Å². The molecule has 0 aliphatic rings. The molecule has 234 valence electrons. The standard InChI is InChI=1S/C33H35FN6O4S/c1-3-38(4-2)18-5-6-19-39-20-17-26-21-25(7-16-32(26)39)31-22-33(36-23-35-31)37-28-10-12-29(13-11-28)40(44-24-41)45(42,43)30-14-8-27(34)9-15-30/h7-17,20-24H,3-6,18-19H2,1-2H3,(H,35,36,37). The fraction of sp³-hybridized carbons (Fsp3) is 0.242. The van der Waals surface area contributed by atoms with Crippen LogP contribution in [-0.2, 0) is 26.2 Å². The number of hydrogen-bond acceptors (Lipinski definition) is 8. The minimum atomic E-state index is -4.30. The van der Waals surface area contributed by atoms with Gasteiger partial charge in [-0.1, -0.05) is 24.4 Å². The molecule has 0 saturated carbocycles. The van der Waals surface area contributed by atoms with Gasteiger partial charge in [-0.15, -0.1) is 0 Å². The van der Waals surface area contributed by atoms with Gasteiger partial charge < -0.3 is 19.6 Å². The SMILES string of the molecule is CCN(CC)CCCCn1ccc2cc(-c3cc(Nc4ccc(N(OC=O)S(=O)(=O)c5ccc(F)cc5)cc4)ncn3)ccc21. The first-order chi connectivity index (χ1) is 21.8. The van der Waals surface area contributed by atoms with Crippen molar-refractivity contribution in [2.45, 2.75) is 38.1 Å². The van der Waals surface area contributed by atoms with E-state index < -0.39 is 15.8 Å². The molecule has 0 unspecified atom stereocenters. The van der Waals surface area contributed by atoms with Crippen molar-refractivity contribution >= 4 is 44.6 Å². The third-order valence-corrected chi connectivity index (χ3v) is 9.17. The molecule has 0 radical (unpaired) electrons. The molecule has 3 aromatic carbocycles. The summed E-state index contributed by atoms with van der Waals surface area (Å²) in [5.41, 5.74) is 3.57. The highest BCUT2D eigenvalue weighted by Crippen LogP contribution is 2.28. The van der Waals surface area contributed by atoms with Crippen LogP contribution >= 0.6 is 0 Å². The molecule has 0 saturated heterocycles. The first-order valence-electron chi connectivity index (χ1n) is 14.7. The first kappa shape index (κ1) is 31.6. The summed E-state index contributed by atoms with van der Waals surface area (Å²) in [7, 11) is -4.30. The molecule has 1 N–H and O–H groups in total. The predicted octanol–water partition coefficient (Wildman–Crippen LogP) is 6.39. The van der Waals surface area contributed by atoms with Crippen LogP contribution in [-0.4, -0.2) is 54.0 Å². The van der Waals surface area contributed by atoms with Gasteiger partial charge >= 0.3 is 6.47 Å². The fourth-order valence-corrected chi connectivity index (χ4v) is 6.33. The van der Waals surface area contributed by atoms with Gasteiger partial charge in [0.25, 0.3) is 10.0 Å². The molecule has 2 heterocycles. The first-order valence-corrected chi connectivity index (χ1v) is 16.2. The Kier molecular flexibility index (Phi) is 10.1. The normalized spacial score (nSPS) is 11.6. The van der Waals surface area contributed by atoms with E-state index in [9.17, 15) is 17.6 Å². The molecule has 0 aliphatic heterocycles. The van der Waals surface area contributed by atoms with E-state index in [0.29, 0.717) is 16.0 Å². The molecule has 45 heavy (non-hydrogen) atoms. The average Bonchev–Trinajstić information content (AvgIpc) is 3.46. The van der Waals surface area contributed by atoms with Crippen LogP contribution in [0.4, 0.5) is 21.6 Å². The van der Waals surface area contributed by atoms with Crippen LogP contribution in [0.1, 0.15) is 26.7 Å². The third kappa shape index (κ3) is 7.47. The third-order valence-electron chi connectivity index (χ3n) is 7.57. The smallest absolute Gasteiger partial charge is 0.322 e. The quantitative estimate of drug-likeness (QED) is 0.0806. The molecule has 0 bridgehead atoms. The summed E-state index contributed by atoms with van der Waals surface area (Å²) in [6, 6.07) is 20.6. The maximum absolute atomic E-state index is 13.3. The maximum Gasteiger partial charge on any atom is 0.322 e. The number of nitrogens with zero attached hydrogens (tertiary/aromatic N) is 5. The van der Waals surface area contributed by atoms with Gasteiger partial charge in [0.2, 0.25) is 0 Å². The van der Waals surface area contributed by atoms with Crippen molar-refractivity contribution < 1.29 is 22.4 Å². The predicted molar refractivity (Wildman–Crippen MR) is 173 cm³/mol. The van der Waals surface area contributed by atoms with Gasteiger partial charge in [0.1, 0.15) is 18.0 Å². The molecule has 5 rings (SSSR count). The van der Waals surface area contributed by atoms with E-state index in [4.69, 9.17) is 4.84 Å². The molecule has 2 aromatic heterocycles. The Hall–Kier alpha value is -4.81. The Morgan fingerprint density at radius 2 is 1.69 bits per heavy atom. The Labute approximate surface area is 262 Å². The van der Waals surface area contributed by atoms with Gasteiger partial charge in [-0.2, -0.15) is 8.42 Å². The number of nitrogens with one attached hydrogen (secondary N) is 1. The van der Waals surface area contributed by atoms with Gasteiger partial charge in [-0.05, 0) is 99.2 Å². The maximum atomic E-state index is 13.3. The number of fused-ring (bicyclic) bond motifs is 1. The van der Waals surface area contributed by atoms with E-state index >= 15 is 0 Å². The van der Waals surface area contributed by atoms with Crippen molar-refractivity contribution in [3.8, 4) is 11.3 Å². The van der Waals surface area contributed by atoms with Gasteiger partial charge in [0.05, 0.1) is 16.3 Å². The lowest BCUT2D eigenvalue weighted by Gasteiger charge is -2.21. The highest BCUT2D eigenvalue weighted by Gasteiger charge is 2.27. The lowest BCUT2D eigenvalue weighted by Crippen LogP contribution is -2.30. The highest BCUT2D eigenvalue weighted by atomic mass is 32.2. The van der Waals surface area contributed by atoms with Crippen LogP contribution in [0, 0.1) is 5.82 Å². The number of halogens is 1. The summed E-state index contributed by atoms with van der Waals surface area (Å²) in [6.45, 7) is 8.68. The molecule has 12 heteroatoms. The summed E-state index contributed by atoms with van der Waals surface area (Å²) >= 11 is 0. The van der Waals surface area contributed by atoms with E-state index in [2.05, 4.69) is 69.1 Å². The lowest BCUT2D eigenvalue weighted by atomic mass is 10.1. The van der Waals surface area contributed by atoms with Crippen LogP contribution in [0.3, 0.4) is 0 Å². The Balaban J connectivity index is 1.27. The average molecular weight is 631 g/mol. The van der Waals surface area contributed by atoms with Crippen molar-refractivity contribution in [1.82, 2.24) is 19.4 Å². The Bertz CT molecular complexity index is 1840. The molecule has 0 aliphatic carbocycles. The zero-order valence-corrected chi connectivity index (χ0v) is 26.0. The molecule has 10 nitrogen and oxygen atoms in total. The zero-order valence-electron chi connectivity index (χ0n) is 25.1. The van der Waals surface area contributed by atoms with Crippen LogP contribution in [0.15, 0.2) is 96.3 Å². The van der Waals surface area contributed by atoms with Crippen LogP contribution in [0.5, 0.6) is 0 Å². The number of aryl methyl sites for hydroxylation is 1. The van der Waals surface area contributed by atoms with Crippen molar-refractivity contribution in [2.75, 3.05) is 29.4 Å². The molecule has 0 fully saturated rings. The van der Waals surface area contributed by atoms with Gasteiger partial charge in [0.15, 0.2) is 0 Å². The summed E-state index contributed by atoms with van der Waals surface area (Å²) < 4.78 is 42.2. The molecular formula is C33H35FN6O4S. The number of hydrogen-bond donors (Lipinski definition) is 1. The largest absolute Gasteiger partial charge is 0.347 e. The second-order valence-corrected chi connectivity index (χ2v) is 12.1. The van der Waals surface area contributed by atoms with Crippen LogP contribution in [0.25, 0.3) is 22.2 Å². The Morgan fingerprint density at radius 1 is 0.933 bits per heavy atom. The second kappa shape index (κ2) is 14.3. The minimum Gasteiger partial charge on any atom is -0.347 e. The Morgan fingerprint density at radius 3 is 2.40 bits per heavy atom. The monoisotopic (exact) mass is 630 g/mol. The summed E-state index contributed by atoms with van der Waals surface area (Å²) in [6.07, 6.45) is 5.90. The molecule has 0 amide bonds. The number of anilines is 3. The number of rotatable bonds is 15. The molecular weight excluding hydrogens is 595 g/mol. The number of carbonyl (C=O) groups is 1. The molecule has 5 aromatic rings. The van der Waals surface area contributed by atoms with E-state index in [1.165, 1.54) is 30.4 Å². The van der Waals surface area contributed by atoms with Crippen molar-refractivity contribution in [3.63, 3.8) is 0 Å². The minimum absolute atomic E-state index is 0.0104. The van der Waals surface area contributed by atoms with E-state index in [-0.39, 0.29) is 17.1 Å². The molecule has 0 atom stereocenters. The summed E-state index contributed by atoms with van der Waals surface area (Å²) in [4.78, 5) is 26.9. The number of benzene rings is 3. The van der Waals surface area contributed by atoms with Gasteiger partial charge in [0, 0.05) is 41.0 Å². The summed E-state index contributed by atoms with van der Waals surface area (Å²) in [5.74, 6) is -0.0503. The van der Waals surface area contributed by atoms with E-state index in [1.54, 1.807) is 12.1 Å².